The molecule has 5 heterocycles. The summed E-state index contributed by atoms with van der Waals surface area (Å²) >= 11 is 0. The Bertz CT molecular complexity index is 2470. The standard InChI is InChI=1S/C41H33BN2O/c1-24-12-4-5-13-26(24)25-22-30-27-15-10-16-29-36(27)44(37-28-14-6-7-19-34(28)45-39(29)37)42-32-18-11-17-31-38(32)43(33(23-25)35(30)42)41(3)21-9-8-20-40(31,41)2/h4-7,10-19,22-23H,8-9,20-21H2,1-3H3. The van der Waals surface area contributed by atoms with E-state index in [9.17, 15) is 0 Å². The summed E-state index contributed by atoms with van der Waals surface area (Å²) in [5, 5.41) is 2.40. The summed E-state index contributed by atoms with van der Waals surface area (Å²) in [5.74, 6) is 0. The zero-order valence-electron chi connectivity index (χ0n) is 25.9. The third-order valence-corrected chi connectivity index (χ3v) is 12.5. The summed E-state index contributed by atoms with van der Waals surface area (Å²) in [4.78, 5) is 2.83. The number of benzene rings is 5. The first-order valence-electron chi connectivity index (χ1n) is 16.6. The van der Waals surface area contributed by atoms with E-state index >= 15 is 0 Å². The molecule has 4 aliphatic rings. The zero-order valence-corrected chi connectivity index (χ0v) is 25.9. The Labute approximate surface area is 263 Å². The van der Waals surface area contributed by atoms with E-state index in [2.05, 4.69) is 127 Å². The number of furan rings is 1. The first kappa shape index (κ1) is 24.6. The summed E-state index contributed by atoms with van der Waals surface area (Å²) in [7, 11) is 0. The van der Waals surface area contributed by atoms with Crippen molar-refractivity contribution in [3.05, 3.63) is 108 Å². The molecule has 2 unspecified atom stereocenters. The summed E-state index contributed by atoms with van der Waals surface area (Å²) in [6.45, 7) is 7.44. The average Bonchev–Trinajstić information content (AvgIpc) is 3.66. The van der Waals surface area contributed by atoms with Crippen molar-refractivity contribution in [2.24, 2.45) is 0 Å². The van der Waals surface area contributed by atoms with Crippen LogP contribution in [0.3, 0.4) is 0 Å². The number of aromatic nitrogens is 1. The molecule has 216 valence electrons. The minimum absolute atomic E-state index is 0.00736. The molecule has 3 nitrogen and oxygen atoms in total. The lowest BCUT2D eigenvalue weighted by atomic mass is 9.45. The van der Waals surface area contributed by atoms with E-state index in [1.54, 1.807) is 0 Å². The van der Waals surface area contributed by atoms with E-state index in [0.29, 0.717) is 0 Å². The molecule has 45 heavy (non-hydrogen) atoms. The fourth-order valence-electron chi connectivity index (χ4n) is 10.2. The molecule has 11 rings (SSSR count). The highest BCUT2D eigenvalue weighted by molar-refractivity contribution is 6.90. The fraction of sp³-hybridized carbons (Fsp3) is 0.220. The number of hydrogen-bond donors (Lipinski definition) is 0. The Hall–Kier alpha value is -4.70. The van der Waals surface area contributed by atoms with Gasteiger partial charge in [-0.2, -0.15) is 0 Å². The molecular formula is C41H33BN2O. The van der Waals surface area contributed by atoms with Crippen LogP contribution >= 0.6 is 0 Å². The number of para-hydroxylation sites is 3. The van der Waals surface area contributed by atoms with Crippen LogP contribution in [0.1, 0.15) is 50.7 Å². The van der Waals surface area contributed by atoms with Gasteiger partial charge in [0.25, 0.3) is 0 Å². The summed E-state index contributed by atoms with van der Waals surface area (Å²) in [5.41, 5.74) is 18.4. The van der Waals surface area contributed by atoms with Crippen molar-refractivity contribution >= 4 is 62.1 Å². The topological polar surface area (TPSA) is 21.3 Å². The second kappa shape index (κ2) is 7.93. The van der Waals surface area contributed by atoms with E-state index in [-0.39, 0.29) is 17.8 Å². The van der Waals surface area contributed by atoms with Gasteiger partial charge in [-0.25, -0.2) is 0 Å². The monoisotopic (exact) mass is 580 g/mol. The van der Waals surface area contributed by atoms with E-state index in [1.165, 1.54) is 103 Å². The van der Waals surface area contributed by atoms with E-state index in [1.807, 2.05) is 0 Å². The zero-order chi connectivity index (χ0) is 29.8. The van der Waals surface area contributed by atoms with Gasteiger partial charge in [0.05, 0.1) is 11.1 Å². The summed E-state index contributed by atoms with van der Waals surface area (Å²) in [6, 6.07) is 36.6. The van der Waals surface area contributed by atoms with Gasteiger partial charge in [0.2, 0.25) is 0 Å². The van der Waals surface area contributed by atoms with Crippen LogP contribution in [0.4, 0.5) is 11.4 Å². The Morgan fingerprint density at radius 2 is 1.51 bits per heavy atom. The highest BCUT2D eigenvalue weighted by Crippen LogP contribution is 2.62. The molecule has 0 saturated heterocycles. The highest BCUT2D eigenvalue weighted by Gasteiger charge is 2.61. The minimum atomic E-state index is 0.00736. The van der Waals surface area contributed by atoms with Crippen molar-refractivity contribution in [1.29, 1.82) is 0 Å². The van der Waals surface area contributed by atoms with Crippen molar-refractivity contribution < 1.29 is 4.42 Å². The third-order valence-electron chi connectivity index (χ3n) is 12.5. The lowest BCUT2D eigenvalue weighted by Crippen LogP contribution is -2.61. The van der Waals surface area contributed by atoms with E-state index in [4.69, 9.17) is 4.42 Å². The van der Waals surface area contributed by atoms with Crippen molar-refractivity contribution in [1.82, 2.24) is 4.48 Å². The van der Waals surface area contributed by atoms with Gasteiger partial charge in [0, 0.05) is 38.6 Å². The van der Waals surface area contributed by atoms with Gasteiger partial charge in [-0.05, 0) is 95.8 Å². The molecule has 2 atom stereocenters. The van der Waals surface area contributed by atoms with Crippen LogP contribution in [0, 0.1) is 6.92 Å². The highest BCUT2D eigenvalue weighted by atomic mass is 16.3. The maximum atomic E-state index is 6.70. The van der Waals surface area contributed by atoms with Crippen LogP contribution in [-0.4, -0.2) is 16.9 Å². The quantitative estimate of drug-likeness (QED) is 0.181. The van der Waals surface area contributed by atoms with Gasteiger partial charge in [-0.3, -0.25) is 0 Å². The fourth-order valence-corrected chi connectivity index (χ4v) is 10.2. The van der Waals surface area contributed by atoms with E-state index in [0.717, 1.165) is 11.2 Å². The Morgan fingerprint density at radius 1 is 0.733 bits per heavy atom. The molecule has 0 N–H and O–H groups in total. The maximum absolute atomic E-state index is 6.70. The van der Waals surface area contributed by atoms with Crippen LogP contribution in [0.5, 0.6) is 0 Å². The number of fused-ring (bicyclic) bond motifs is 12. The molecule has 0 bridgehead atoms. The average molecular weight is 581 g/mol. The molecule has 1 saturated carbocycles. The predicted molar refractivity (Wildman–Crippen MR) is 188 cm³/mol. The van der Waals surface area contributed by atoms with Gasteiger partial charge in [0.15, 0.2) is 5.58 Å². The number of hydrogen-bond acceptors (Lipinski definition) is 2. The van der Waals surface area contributed by atoms with Gasteiger partial charge in [-0.1, -0.05) is 86.5 Å². The molecule has 3 aliphatic heterocycles. The Balaban J connectivity index is 1.36. The molecule has 0 amide bonds. The van der Waals surface area contributed by atoms with Crippen LogP contribution in [0.25, 0.3) is 55.2 Å². The molecule has 1 fully saturated rings. The summed E-state index contributed by atoms with van der Waals surface area (Å²) < 4.78 is 9.36. The van der Waals surface area contributed by atoms with Crippen molar-refractivity contribution in [2.45, 2.75) is 57.4 Å². The van der Waals surface area contributed by atoms with Gasteiger partial charge in [-0.15, -0.1) is 0 Å². The van der Waals surface area contributed by atoms with Crippen LogP contribution in [0.2, 0.25) is 0 Å². The molecule has 1 aliphatic carbocycles. The molecular weight excluding hydrogens is 547 g/mol. The van der Waals surface area contributed by atoms with Crippen molar-refractivity contribution in [2.75, 3.05) is 4.90 Å². The SMILES string of the molecule is Cc1ccccc1-c1cc2c3c(c1)N1c4c(cccc4C4(C)CCCCC14C)B3n1c3c-2cccc3c2oc3ccccc3c21. The van der Waals surface area contributed by atoms with E-state index < -0.39 is 0 Å². The number of anilines is 2. The largest absolute Gasteiger partial charge is 0.454 e. The predicted octanol–water partition coefficient (Wildman–Crippen LogP) is 9.21. The third kappa shape index (κ3) is 2.66. The second-order valence-electron chi connectivity index (χ2n) is 14.4. The minimum Gasteiger partial charge on any atom is -0.454 e. The Kier molecular flexibility index (Phi) is 4.33. The maximum Gasteiger partial charge on any atom is 0.333 e. The van der Waals surface area contributed by atoms with Gasteiger partial charge in [0.1, 0.15) is 5.58 Å². The lowest BCUT2D eigenvalue weighted by molar-refractivity contribution is 0.195. The lowest BCUT2D eigenvalue weighted by Gasteiger charge is -2.52. The molecule has 0 radical (unpaired) electrons. The normalized spacial score (nSPS) is 22.3. The molecule has 7 aromatic rings. The van der Waals surface area contributed by atoms with Crippen molar-refractivity contribution in [3.63, 3.8) is 0 Å². The van der Waals surface area contributed by atoms with Gasteiger partial charge < -0.3 is 13.8 Å². The molecule has 2 aromatic heterocycles. The first-order valence-corrected chi connectivity index (χ1v) is 16.6. The molecule has 0 spiro atoms. The van der Waals surface area contributed by atoms with Crippen LogP contribution in [0.15, 0.2) is 101 Å². The molecule has 5 aromatic carbocycles. The number of aryl methyl sites for hydroxylation is 1. The number of rotatable bonds is 1. The number of nitrogens with zero attached hydrogens (tertiary/aromatic N) is 2. The second-order valence-corrected chi connectivity index (χ2v) is 14.4. The van der Waals surface area contributed by atoms with Crippen LogP contribution < -0.4 is 15.8 Å². The first-order chi connectivity index (χ1) is 22.0. The molecule has 4 heteroatoms. The van der Waals surface area contributed by atoms with Crippen LogP contribution in [-0.2, 0) is 5.41 Å². The smallest absolute Gasteiger partial charge is 0.333 e. The Morgan fingerprint density at radius 3 is 2.42 bits per heavy atom. The van der Waals surface area contributed by atoms with Gasteiger partial charge >= 0.3 is 6.85 Å². The van der Waals surface area contributed by atoms with Crippen molar-refractivity contribution in [3.8, 4) is 22.3 Å². The summed E-state index contributed by atoms with van der Waals surface area (Å²) in [6.07, 6.45) is 5.00.